The van der Waals surface area contributed by atoms with Crippen molar-refractivity contribution in [2.75, 3.05) is 13.6 Å². The Hall–Kier alpha value is -1.91. The zero-order chi connectivity index (χ0) is 16.5. The number of hydrogen-bond acceptors (Lipinski definition) is 3. The van der Waals surface area contributed by atoms with Crippen molar-refractivity contribution in [1.82, 2.24) is 20.2 Å². The monoisotopic (exact) mass is 451 g/mol. The third-order valence-corrected chi connectivity index (χ3v) is 3.08. The van der Waals surface area contributed by atoms with E-state index in [1.165, 1.54) is 6.07 Å². The van der Waals surface area contributed by atoms with E-state index in [0.29, 0.717) is 24.6 Å². The third kappa shape index (κ3) is 6.69. The fourth-order valence-electron chi connectivity index (χ4n) is 1.98. The van der Waals surface area contributed by atoms with Gasteiger partial charge in [0.25, 0.3) is 0 Å². The predicted molar refractivity (Wildman–Crippen MR) is 98.9 cm³/mol. The fraction of sp³-hybridized carbons (Fsp3) is 0.333. The summed E-state index contributed by atoms with van der Waals surface area (Å²) in [6.07, 6.45) is 5.32. The quantitative estimate of drug-likeness (QED) is 0.386. The van der Waals surface area contributed by atoms with Crippen LogP contribution in [0.25, 0.3) is 0 Å². The van der Waals surface area contributed by atoms with Gasteiger partial charge in [-0.05, 0) is 6.07 Å². The molecule has 1 aromatic heterocycles. The van der Waals surface area contributed by atoms with Crippen molar-refractivity contribution in [2.45, 2.75) is 19.7 Å². The van der Waals surface area contributed by atoms with Gasteiger partial charge in [0.2, 0.25) is 0 Å². The summed E-state index contributed by atoms with van der Waals surface area (Å²) in [5.41, 5.74) is 0.630. The lowest BCUT2D eigenvalue weighted by Gasteiger charge is -2.14. The lowest BCUT2D eigenvalue weighted by Crippen LogP contribution is -2.38. The maximum atomic E-state index is 12.4. The number of alkyl halides is 2. The highest BCUT2D eigenvalue weighted by atomic mass is 127. The Morgan fingerprint density at radius 1 is 1.33 bits per heavy atom. The number of nitrogens with zero attached hydrogens (tertiary/aromatic N) is 3. The molecule has 0 aliphatic rings. The molecule has 0 saturated carbocycles. The maximum absolute atomic E-state index is 12.4. The van der Waals surface area contributed by atoms with E-state index in [2.05, 4.69) is 25.3 Å². The average Bonchev–Trinajstić information content (AvgIpc) is 3.05. The average molecular weight is 451 g/mol. The lowest BCUT2D eigenvalue weighted by molar-refractivity contribution is -0.0504. The standard InChI is InChI=1S/C15H19F2N5O.HI/c1-18-15(20-7-9-22-8-6-19-11-22)21-10-12-4-2-3-5-13(12)23-14(16)17;/h2-6,8,11,14H,7,9-10H2,1H3,(H2,18,20,21);1H. The summed E-state index contributed by atoms with van der Waals surface area (Å²) in [6.45, 7) is -1.12. The van der Waals surface area contributed by atoms with E-state index >= 15 is 0 Å². The van der Waals surface area contributed by atoms with Crippen LogP contribution in [0, 0.1) is 0 Å². The largest absolute Gasteiger partial charge is 0.434 e. The number of hydrogen-bond donors (Lipinski definition) is 2. The van der Waals surface area contributed by atoms with Crippen LogP contribution in [0.15, 0.2) is 48.0 Å². The molecule has 0 unspecified atom stereocenters. The minimum absolute atomic E-state index is 0. The number of ether oxygens (including phenoxy) is 1. The molecular formula is C15H20F2IN5O. The first-order valence-electron chi connectivity index (χ1n) is 7.12. The first-order chi connectivity index (χ1) is 11.2. The molecule has 6 nitrogen and oxygen atoms in total. The van der Waals surface area contributed by atoms with Gasteiger partial charge in [-0.25, -0.2) is 4.98 Å². The molecule has 0 radical (unpaired) electrons. The van der Waals surface area contributed by atoms with Crippen LogP contribution < -0.4 is 15.4 Å². The van der Waals surface area contributed by atoms with Crippen molar-refractivity contribution in [2.24, 2.45) is 4.99 Å². The van der Waals surface area contributed by atoms with Crippen molar-refractivity contribution in [3.05, 3.63) is 48.5 Å². The summed E-state index contributed by atoms with van der Waals surface area (Å²) < 4.78 is 31.2. The molecule has 0 saturated heterocycles. The summed E-state index contributed by atoms with van der Waals surface area (Å²) in [5, 5.41) is 6.21. The van der Waals surface area contributed by atoms with Gasteiger partial charge in [-0.1, -0.05) is 18.2 Å². The summed E-state index contributed by atoms with van der Waals surface area (Å²) >= 11 is 0. The predicted octanol–water partition coefficient (Wildman–Crippen LogP) is 2.47. The number of nitrogens with one attached hydrogen (secondary N) is 2. The topological polar surface area (TPSA) is 63.5 Å². The van der Waals surface area contributed by atoms with Crippen molar-refractivity contribution < 1.29 is 13.5 Å². The molecule has 2 aromatic rings. The van der Waals surface area contributed by atoms with Crippen LogP contribution in [-0.2, 0) is 13.1 Å². The van der Waals surface area contributed by atoms with E-state index < -0.39 is 6.61 Å². The summed E-state index contributed by atoms with van der Waals surface area (Å²) in [6, 6.07) is 6.66. The molecule has 132 valence electrons. The number of guanidine groups is 1. The summed E-state index contributed by atoms with van der Waals surface area (Å²) in [5.74, 6) is 0.737. The van der Waals surface area contributed by atoms with Crippen LogP contribution in [0.4, 0.5) is 8.78 Å². The van der Waals surface area contributed by atoms with Crippen LogP contribution >= 0.6 is 24.0 Å². The van der Waals surface area contributed by atoms with Gasteiger partial charge in [0.1, 0.15) is 5.75 Å². The minimum Gasteiger partial charge on any atom is -0.434 e. The number of imidazole rings is 1. The third-order valence-electron chi connectivity index (χ3n) is 3.08. The van der Waals surface area contributed by atoms with E-state index in [0.717, 1.165) is 6.54 Å². The Labute approximate surface area is 156 Å². The molecule has 0 aliphatic heterocycles. The molecule has 0 bridgehead atoms. The van der Waals surface area contributed by atoms with E-state index in [1.807, 2.05) is 10.8 Å². The molecule has 1 aromatic carbocycles. The van der Waals surface area contributed by atoms with Crippen LogP contribution in [0.5, 0.6) is 5.75 Å². The first-order valence-corrected chi connectivity index (χ1v) is 7.12. The molecular weight excluding hydrogens is 431 g/mol. The first kappa shape index (κ1) is 20.1. The van der Waals surface area contributed by atoms with Gasteiger partial charge >= 0.3 is 6.61 Å². The second-order valence-electron chi connectivity index (χ2n) is 4.64. The molecule has 0 amide bonds. The van der Waals surface area contributed by atoms with Gasteiger partial charge < -0.3 is 19.9 Å². The summed E-state index contributed by atoms with van der Waals surface area (Å²) in [4.78, 5) is 8.06. The van der Waals surface area contributed by atoms with Crippen LogP contribution in [0.3, 0.4) is 0 Å². The molecule has 2 rings (SSSR count). The number of halogens is 3. The van der Waals surface area contributed by atoms with E-state index in [1.54, 1.807) is 37.8 Å². The molecule has 9 heteroatoms. The molecule has 2 N–H and O–H groups in total. The molecule has 0 spiro atoms. The normalized spacial score (nSPS) is 11.1. The SMILES string of the molecule is CN=C(NCCn1ccnc1)NCc1ccccc1OC(F)F.I. The smallest absolute Gasteiger partial charge is 0.387 e. The van der Waals surface area contributed by atoms with Crippen molar-refractivity contribution in [3.8, 4) is 5.75 Å². The number of para-hydroxylation sites is 1. The van der Waals surface area contributed by atoms with Crippen LogP contribution in [-0.4, -0.2) is 35.7 Å². The van der Waals surface area contributed by atoms with Crippen molar-refractivity contribution in [3.63, 3.8) is 0 Å². The number of aliphatic imine (C=N–C) groups is 1. The van der Waals surface area contributed by atoms with E-state index in [-0.39, 0.29) is 29.7 Å². The number of rotatable bonds is 7. The van der Waals surface area contributed by atoms with E-state index in [9.17, 15) is 8.78 Å². The Bertz CT molecular complexity index is 622. The zero-order valence-electron chi connectivity index (χ0n) is 13.2. The highest BCUT2D eigenvalue weighted by molar-refractivity contribution is 14.0. The number of aromatic nitrogens is 2. The lowest BCUT2D eigenvalue weighted by atomic mass is 10.2. The summed E-state index contributed by atoms with van der Waals surface area (Å²) in [7, 11) is 1.65. The highest BCUT2D eigenvalue weighted by Gasteiger charge is 2.09. The Morgan fingerprint density at radius 2 is 2.12 bits per heavy atom. The Morgan fingerprint density at radius 3 is 2.79 bits per heavy atom. The zero-order valence-corrected chi connectivity index (χ0v) is 15.5. The van der Waals surface area contributed by atoms with Crippen LogP contribution in [0.2, 0.25) is 0 Å². The molecule has 0 fully saturated rings. The van der Waals surface area contributed by atoms with Gasteiger partial charge in [-0.3, -0.25) is 4.99 Å². The molecule has 0 atom stereocenters. The van der Waals surface area contributed by atoms with Gasteiger partial charge in [0.05, 0.1) is 6.33 Å². The van der Waals surface area contributed by atoms with Gasteiger partial charge in [-0.15, -0.1) is 24.0 Å². The van der Waals surface area contributed by atoms with E-state index in [4.69, 9.17) is 0 Å². The Kier molecular flexibility index (Phi) is 9.05. The number of benzene rings is 1. The second kappa shape index (κ2) is 10.8. The van der Waals surface area contributed by atoms with Gasteiger partial charge in [0.15, 0.2) is 5.96 Å². The Balaban J connectivity index is 0.00000288. The molecule has 1 heterocycles. The van der Waals surface area contributed by atoms with Crippen molar-refractivity contribution in [1.29, 1.82) is 0 Å². The van der Waals surface area contributed by atoms with Gasteiger partial charge in [-0.2, -0.15) is 8.78 Å². The molecule has 0 aliphatic carbocycles. The molecule has 24 heavy (non-hydrogen) atoms. The minimum atomic E-state index is -2.84. The van der Waals surface area contributed by atoms with Gasteiger partial charge in [0, 0.05) is 44.6 Å². The van der Waals surface area contributed by atoms with Crippen LogP contribution in [0.1, 0.15) is 5.56 Å². The second-order valence-corrected chi connectivity index (χ2v) is 4.64. The highest BCUT2D eigenvalue weighted by Crippen LogP contribution is 2.19. The maximum Gasteiger partial charge on any atom is 0.387 e. The fourth-order valence-corrected chi connectivity index (χ4v) is 1.98. The van der Waals surface area contributed by atoms with Crippen molar-refractivity contribution >= 4 is 29.9 Å².